The molecule has 1 aliphatic rings. The normalized spacial score (nSPS) is 21.8. The fourth-order valence-corrected chi connectivity index (χ4v) is 2.59. The minimum absolute atomic E-state index is 0.0894. The first kappa shape index (κ1) is 13.9. The number of hydrogen-bond acceptors (Lipinski definition) is 4. The van der Waals surface area contributed by atoms with E-state index in [-0.39, 0.29) is 6.10 Å². The lowest BCUT2D eigenvalue weighted by atomic mass is 9.82. The van der Waals surface area contributed by atoms with Crippen molar-refractivity contribution in [2.24, 2.45) is 5.92 Å². The first-order valence-electron chi connectivity index (χ1n) is 6.56. The molecule has 1 aromatic rings. The predicted molar refractivity (Wildman–Crippen MR) is 72.8 cm³/mol. The summed E-state index contributed by atoms with van der Waals surface area (Å²) >= 11 is 0. The van der Waals surface area contributed by atoms with Gasteiger partial charge in [0.1, 0.15) is 11.8 Å². The number of aliphatic hydroxyl groups is 1. The second-order valence-electron chi connectivity index (χ2n) is 5.33. The number of nitriles is 1. The van der Waals surface area contributed by atoms with Crippen LogP contribution in [-0.2, 0) is 6.54 Å². The van der Waals surface area contributed by atoms with Crippen LogP contribution in [0.3, 0.4) is 0 Å². The molecule has 0 saturated heterocycles. The summed E-state index contributed by atoms with van der Waals surface area (Å²) in [5.41, 5.74) is 1.70. The number of nitrogens with zero attached hydrogens (tertiary/aromatic N) is 2. The summed E-state index contributed by atoms with van der Waals surface area (Å²) in [5.74, 6) is 1.24. The number of hydrogen-bond donors (Lipinski definition) is 1. The maximum Gasteiger partial charge on any atom is 0.136 e. The van der Waals surface area contributed by atoms with E-state index >= 15 is 0 Å². The van der Waals surface area contributed by atoms with E-state index in [4.69, 9.17) is 10.00 Å². The summed E-state index contributed by atoms with van der Waals surface area (Å²) in [7, 11) is 3.66. The second-order valence-corrected chi connectivity index (χ2v) is 5.33. The number of benzene rings is 1. The van der Waals surface area contributed by atoms with Crippen molar-refractivity contribution in [1.82, 2.24) is 4.90 Å². The van der Waals surface area contributed by atoms with Gasteiger partial charge in [-0.25, -0.2) is 0 Å². The lowest BCUT2D eigenvalue weighted by molar-refractivity contribution is 0.0274. The number of rotatable bonds is 5. The molecule has 2 rings (SSSR count). The van der Waals surface area contributed by atoms with Crippen molar-refractivity contribution in [3.63, 3.8) is 0 Å². The van der Waals surface area contributed by atoms with Gasteiger partial charge in [0.2, 0.25) is 0 Å². The molecule has 0 aliphatic heterocycles. The van der Waals surface area contributed by atoms with E-state index in [0.29, 0.717) is 17.2 Å². The van der Waals surface area contributed by atoms with E-state index in [1.54, 1.807) is 13.2 Å². The first-order chi connectivity index (χ1) is 9.12. The maximum atomic E-state index is 9.28. The van der Waals surface area contributed by atoms with Crippen LogP contribution >= 0.6 is 0 Å². The fraction of sp³-hybridized carbons (Fsp3) is 0.533. The molecular weight excluding hydrogens is 240 g/mol. The number of ether oxygens (including phenoxy) is 1. The molecule has 0 unspecified atom stereocenters. The van der Waals surface area contributed by atoms with Gasteiger partial charge in [-0.15, -0.1) is 0 Å². The molecule has 1 fully saturated rings. The third-order valence-corrected chi connectivity index (χ3v) is 3.62. The zero-order valence-corrected chi connectivity index (χ0v) is 11.5. The average molecular weight is 260 g/mol. The summed E-state index contributed by atoms with van der Waals surface area (Å²) in [6, 6.07) is 7.80. The van der Waals surface area contributed by atoms with Crippen molar-refractivity contribution in [3.05, 3.63) is 29.3 Å². The van der Waals surface area contributed by atoms with Crippen molar-refractivity contribution >= 4 is 0 Å². The minimum Gasteiger partial charge on any atom is -0.495 e. The van der Waals surface area contributed by atoms with Gasteiger partial charge in [-0.05, 0) is 43.5 Å². The Morgan fingerprint density at radius 3 is 2.79 bits per heavy atom. The van der Waals surface area contributed by atoms with Crippen molar-refractivity contribution < 1.29 is 9.84 Å². The smallest absolute Gasteiger partial charge is 0.136 e. The van der Waals surface area contributed by atoms with Crippen LogP contribution in [0.2, 0.25) is 0 Å². The highest BCUT2D eigenvalue weighted by atomic mass is 16.5. The summed E-state index contributed by atoms with van der Waals surface area (Å²) in [6.07, 6.45) is 1.75. The zero-order valence-electron chi connectivity index (χ0n) is 11.5. The quantitative estimate of drug-likeness (QED) is 0.876. The van der Waals surface area contributed by atoms with Gasteiger partial charge in [-0.3, -0.25) is 0 Å². The molecule has 0 amide bonds. The molecule has 102 valence electrons. The van der Waals surface area contributed by atoms with Gasteiger partial charge in [-0.1, -0.05) is 6.07 Å². The van der Waals surface area contributed by atoms with Crippen LogP contribution in [0.1, 0.15) is 24.0 Å². The summed E-state index contributed by atoms with van der Waals surface area (Å²) < 4.78 is 5.21. The van der Waals surface area contributed by atoms with E-state index in [0.717, 1.165) is 31.5 Å². The Morgan fingerprint density at radius 2 is 2.21 bits per heavy atom. The lowest BCUT2D eigenvalue weighted by Crippen LogP contribution is -2.36. The third kappa shape index (κ3) is 3.46. The SMILES string of the molecule is COc1cc(CN(C)CC2CC(O)C2)ccc1C#N. The summed E-state index contributed by atoms with van der Waals surface area (Å²) in [4.78, 5) is 2.25. The van der Waals surface area contributed by atoms with Crippen LogP contribution in [-0.4, -0.2) is 36.8 Å². The number of methoxy groups -OCH3 is 1. The topological polar surface area (TPSA) is 56.5 Å². The Kier molecular flexibility index (Phi) is 4.41. The van der Waals surface area contributed by atoms with E-state index in [1.807, 2.05) is 12.1 Å². The molecule has 0 aromatic heterocycles. The second kappa shape index (κ2) is 6.05. The minimum atomic E-state index is -0.0894. The van der Waals surface area contributed by atoms with Crippen LogP contribution in [0.15, 0.2) is 18.2 Å². The van der Waals surface area contributed by atoms with Gasteiger partial charge in [0.15, 0.2) is 0 Å². The van der Waals surface area contributed by atoms with Gasteiger partial charge < -0.3 is 14.7 Å². The van der Waals surface area contributed by atoms with E-state index in [2.05, 4.69) is 18.0 Å². The lowest BCUT2D eigenvalue weighted by Gasteiger charge is -2.34. The molecule has 1 saturated carbocycles. The molecule has 19 heavy (non-hydrogen) atoms. The Bertz CT molecular complexity index is 476. The molecule has 0 heterocycles. The monoisotopic (exact) mass is 260 g/mol. The molecule has 0 spiro atoms. The summed E-state index contributed by atoms with van der Waals surface area (Å²) in [5, 5.41) is 18.2. The Balaban J connectivity index is 1.93. The molecule has 1 aromatic carbocycles. The highest BCUT2D eigenvalue weighted by molar-refractivity contribution is 5.45. The van der Waals surface area contributed by atoms with Crippen LogP contribution in [0.25, 0.3) is 0 Å². The molecule has 1 N–H and O–H groups in total. The van der Waals surface area contributed by atoms with Crippen molar-refractivity contribution in [2.75, 3.05) is 20.7 Å². The van der Waals surface area contributed by atoms with Gasteiger partial charge in [0.25, 0.3) is 0 Å². The average Bonchev–Trinajstić information content (AvgIpc) is 2.36. The van der Waals surface area contributed by atoms with Crippen LogP contribution in [0.4, 0.5) is 0 Å². The van der Waals surface area contributed by atoms with Crippen molar-refractivity contribution in [3.8, 4) is 11.8 Å². The molecule has 1 aliphatic carbocycles. The molecule has 0 atom stereocenters. The van der Waals surface area contributed by atoms with Crippen LogP contribution < -0.4 is 4.74 Å². The Hall–Kier alpha value is -1.57. The highest BCUT2D eigenvalue weighted by Crippen LogP contribution is 2.28. The molecule has 4 heteroatoms. The molecule has 4 nitrogen and oxygen atoms in total. The Morgan fingerprint density at radius 1 is 1.47 bits per heavy atom. The van der Waals surface area contributed by atoms with Gasteiger partial charge in [0, 0.05) is 13.1 Å². The van der Waals surface area contributed by atoms with Gasteiger partial charge in [-0.2, -0.15) is 5.26 Å². The fourth-order valence-electron chi connectivity index (χ4n) is 2.59. The van der Waals surface area contributed by atoms with Crippen molar-refractivity contribution in [1.29, 1.82) is 5.26 Å². The summed E-state index contributed by atoms with van der Waals surface area (Å²) in [6.45, 7) is 1.83. The van der Waals surface area contributed by atoms with E-state index in [1.165, 1.54) is 0 Å². The maximum absolute atomic E-state index is 9.28. The van der Waals surface area contributed by atoms with E-state index < -0.39 is 0 Å². The standard InChI is InChI=1S/C15H20N2O2/c1-17(10-12-5-14(18)6-12)9-11-3-4-13(8-16)15(7-11)19-2/h3-4,7,12,14,18H,5-6,9-10H2,1-2H3. The largest absolute Gasteiger partial charge is 0.495 e. The first-order valence-corrected chi connectivity index (χ1v) is 6.56. The van der Waals surface area contributed by atoms with Crippen LogP contribution in [0, 0.1) is 17.2 Å². The molecule has 0 radical (unpaired) electrons. The van der Waals surface area contributed by atoms with Gasteiger partial charge >= 0.3 is 0 Å². The third-order valence-electron chi connectivity index (χ3n) is 3.62. The number of aliphatic hydroxyl groups excluding tert-OH is 1. The van der Waals surface area contributed by atoms with Crippen LogP contribution in [0.5, 0.6) is 5.75 Å². The van der Waals surface area contributed by atoms with Gasteiger partial charge in [0.05, 0.1) is 18.8 Å². The van der Waals surface area contributed by atoms with Crippen molar-refractivity contribution in [2.45, 2.75) is 25.5 Å². The Labute approximate surface area is 114 Å². The molecule has 0 bridgehead atoms. The zero-order chi connectivity index (χ0) is 13.8. The highest BCUT2D eigenvalue weighted by Gasteiger charge is 2.27. The van der Waals surface area contributed by atoms with E-state index in [9.17, 15) is 5.11 Å². The predicted octanol–water partition coefficient (Wildman–Crippen LogP) is 1.77. The molecular formula is C15H20N2O2.